The summed E-state index contributed by atoms with van der Waals surface area (Å²) in [6.45, 7) is 0.164. The Labute approximate surface area is 195 Å². The second-order valence-electron chi connectivity index (χ2n) is 7.08. The maximum Gasteiger partial charge on any atom is 0.335 e. The number of benzene rings is 3. The van der Waals surface area contributed by atoms with Crippen molar-refractivity contribution in [3.63, 3.8) is 0 Å². The summed E-state index contributed by atoms with van der Waals surface area (Å²) in [6, 6.07) is 19.8. The topological polar surface area (TPSA) is 84.9 Å². The van der Waals surface area contributed by atoms with Gasteiger partial charge in [-0.05, 0) is 36.4 Å². The Hall–Kier alpha value is -4.10. The number of hydrogen-bond donors (Lipinski definition) is 1. The van der Waals surface area contributed by atoms with Gasteiger partial charge in [0, 0.05) is 22.2 Å². The van der Waals surface area contributed by atoms with E-state index in [0.29, 0.717) is 27.8 Å². The summed E-state index contributed by atoms with van der Waals surface area (Å²) in [5.41, 5.74) is 1.38. The van der Waals surface area contributed by atoms with Crippen molar-refractivity contribution >= 4 is 41.2 Å². The van der Waals surface area contributed by atoms with Crippen LogP contribution >= 0.6 is 11.6 Å². The van der Waals surface area contributed by atoms with Gasteiger partial charge in [-0.25, -0.2) is 9.69 Å². The summed E-state index contributed by atoms with van der Waals surface area (Å²) >= 11 is 6.22. The molecule has 1 saturated heterocycles. The molecule has 1 N–H and O–H groups in total. The number of para-hydroxylation sites is 1. The van der Waals surface area contributed by atoms with Gasteiger partial charge >= 0.3 is 6.03 Å². The fourth-order valence-corrected chi connectivity index (χ4v) is 3.47. The number of barbiturate groups is 1. The van der Waals surface area contributed by atoms with Gasteiger partial charge in [-0.15, -0.1) is 0 Å². The van der Waals surface area contributed by atoms with Gasteiger partial charge in [0.15, 0.2) is 0 Å². The Morgan fingerprint density at radius 3 is 2.42 bits per heavy atom. The van der Waals surface area contributed by atoms with Crippen LogP contribution in [0.4, 0.5) is 10.5 Å². The number of methoxy groups -OCH3 is 1. The number of amides is 4. The maximum atomic E-state index is 13.1. The smallest absolute Gasteiger partial charge is 0.335 e. The maximum absolute atomic E-state index is 13.1. The lowest BCUT2D eigenvalue weighted by molar-refractivity contribution is -0.122. The quantitative estimate of drug-likeness (QED) is 0.427. The molecule has 0 atom stereocenters. The van der Waals surface area contributed by atoms with Gasteiger partial charge in [-0.1, -0.05) is 48.0 Å². The lowest BCUT2D eigenvalue weighted by Crippen LogP contribution is -2.54. The third-order valence-corrected chi connectivity index (χ3v) is 5.35. The molecule has 8 heteroatoms. The predicted molar refractivity (Wildman–Crippen MR) is 124 cm³/mol. The highest BCUT2D eigenvalue weighted by molar-refractivity contribution is 6.39. The monoisotopic (exact) mass is 462 g/mol. The second-order valence-corrected chi connectivity index (χ2v) is 7.48. The first-order chi connectivity index (χ1) is 16.0. The summed E-state index contributed by atoms with van der Waals surface area (Å²) < 4.78 is 11.2. The normalized spacial score (nSPS) is 14.9. The molecule has 0 aliphatic carbocycles. The summed E-state index contributed by atoms with van der Waals surface area (Å²) in [7, 11) is 1.52. The van der Waals surface area contributed by atoms with Crippen LogP contribution < -0.4 is 19.7 Å². The molecule has 0 unspecified atom stereocenters. The number of hydrogen-bond acceptors (Lipinski definition) is 5. The van der Waals surface area contributed by atoms with Crippen molar-refractivity contribution in [1.82, 2.24) is 5.32 Å². The molecule has 4 amide bonds. The standard InChI is InChI=1S/C25H19ClN2O5/c1-32-19-12-11-16(22(14-19)33-15-17-7-5-6-10-21(17)26)13-20-23(29)27-25(31)28(24(20)30)18-8-3-2-4-9-18/h2-14H,15H2,1H3,(H,27,29,31)/b20-13+. The van der Waals surface area contributed by atoms with E-state index >= 15 is 0 Å². The highest BCUT2D eigenvalue weighted by atomic mass is 35.5. The van der Waals surface area contributed by atoms with Crippen molar-refractivity contribution in [2.45, 2.75) is 6.61 Å². The summed E-state index contributed by atoms with van der Waals surface area (Å²) in [6.07, 6.45) is 1.39. The molecule has 0 bridgehead atoms. The lowest BCUT2D eigenvalue weighted by Gasteiger charge is -2.26. The Kier molecular flexibility index (Phi) is 6.42. The van der Waals surface area contributed by atoms with Gasteiger partial charge in [-0.2, -0.15) is 0 Å². The first kappa shape index (κ1) is 22.1. The molecule has 0 saturated carbocycles. The van der Waals surface area contributed by atoms with Crippen LogP contribution in [0.25, 0.3) is 6.08 Å². The number of carbonyl (C=O) groups is 3. The minimum absolute atomic E-state index is 0.164. The molecule has 1 aliphatic rings. The summed E-state index contributed by atoms with van der Waals surface area (Å²) in [5.74, 6) is -0.606. The van der Waals surface area contributed by atoms with Crippen LogP contribution in [0.1, 0.15) is 11.1 Å². The summed E-state index contributed by atoms with van der Waals surface area (Å²) in [5, 5.41) is 2.77. The third-order valence-electron chi connectivity index (χ3n) is 4.98. The molecule has 3 aromatic carbocycles. The van der Waals surface area contributed by atoms with Crippen molar-refractivity contribution in [3.8, 4) is 11.5 Å². The van der Waals surface area contributed by atoms with E-state index in [1.807, 2.05) is 18.2 Å². The highest BCUT2D eigenvalue weighted by Crippen LogP contribution is 2.30. The van der Waals surface area contributed by atoms with Crippen LogP contribution in [0.15, 0.2) is 78.4 Å². The van der Waals surface area contributed by atoms with Crippen LogP contribution in [0.3, 0.4) is 0 Å². The van der Waals surface area contributed by atoms with Gasteiger partial charge in [0.05, 0.1) is 12.8 Å². The number of urea groups is 1. The van der Waals surface area contributed by atoms with E-state index in [2.05, 4.69) is 5.32 Å². The minimum atomic E-state index is -0.807. The average Bonchev–Trinajstić information content (AvgIpc) is 2.82. The number of halogens is 1. The van der Waals surface area contributed by atoms with E-state index in [1.54, 1.807) is 54.6 Å². The van der Waals surface area contributed by atoms with Crippen LogP contribution in [-0.2, 0) is 16.2 Å². The predicted octanol–water partition coefficient (Wildman–Crippen LogP) is 4.59. The fourth-order valence-electron chi connectivity index (χ4n) is 3.28. The molecule has 1 aliphatic heterocycles. The van der Waals surface area contributed by atoms with Gasteiger partial charge in [0.25, 0.3) is 11.8 Å². The van der Waals surface area contributed by atoms with Crippen molar-refractivity contribution in [1.29, 1.82) is 0 Å². The molecule has 1 heterocycles. The molecule has 0 aromatic heterocycles. The van der Waals surface area contributed by atoms with Gasteiger partial charge < -0.3 is 9.47 Å². The van der Waals surface area contributed by atoms with Crippen molar-refractivity contribution < 1.29 is 23.9 Å². The molecule has 4 rings (SSSR count). The van der Waals surface area contributed by atoms with Gasteiger partial charge in [0.1, 0.15) is 23.7 Å². The van der Waals surface area contributed by atoms with Crippen LogP contribution in [0.2, 0.25) is 5.02 Å². The molecule has 3 aromatic rings. The molecular weight excluding hydrogens is 444 g/mol. The number of imide groups is 2. The van der Waals surface area contributed by atoms with Gasteiger partial charge in [0.2, 0.25) is 0 Å². The fraction of sp³-hybridized carbons (Fsp3) is 0.0800. The van der Waals surface area contributed by atoms with E-state index in [9.17, 15) is 14.4 Å². The zero-order valence-corrected chi connectivity index (χ0v) is 18.3. The number of nitrogens with zero attached hydrogens (tertiary/aromatic N) is 1. The third kappa shape index (κ3) is 4.73. The Morgan fingerprint density at radius 2 is 1.70 bits per heavy atom. The molecule has 7 nitrogen and oxygen atoms in total. The van der Waals surface area contributed by atoms with E-state index in [1.165, 1.54) is 13.2 Å². The molecule has 166 valence electrons. The number of ether oxygens (including phenoxy) is 2. The summed E-state index contributed by atoms with van der Waals surface area (Å²) in [4.78, 5) is 38.9. The number of rotatable bonds is 6. The number of carbonyl (C=O) groups excluding carboxylic acids is 3. The van der Waals surface area contributed by atoms with Gasteiger partial charge in [-0.3, -0.25) is 14.9 Å². The first-order valence-corrected chi connectivity index (χ1v) is 10.4. The average molecular weight is 463 g/mol. The van der Waals surface area contributed by atoms with Crippen molar-refractivity contribution in [2.75, 3.05) is 12.0 Å². The largest absolute Gasteiger partial charge is 0.497 e. The minimum Gasteiger partial charge on any atom is -0.497 e. The Balaban J connectivity index is 1.69. The van der Waals surface area contributed by atoms with E-state index in [0.717, 1.165) is 10.5 Å². The van der Waals surface area contributed by atoms with E-state index in [-0.39, 0.29) is 12.2 Å². The molecule has 33 heavy (non-hydrogen) atoms. The molecule has 0 radical (unpaired) electrons. The molecular formula is C25H19ClN2O5. The Bertz CT molecular complexity index is 1260. The zero-order chi connectivity index (χ0) is 23.4. The molecule has 0 spiro atoms. The first-order valence-electron chi connectivity index (χ1n) is 9.98. The number of anilines is 1. The van der Waals surface area contributed by atoms with Crippen LogP contribution in [0.5, 0.6) is 11.5 Å². The SMILES string of the molecule is COc1ccc(/C=C2\C(=O)NC(=O)N(c3ccccc3)C2=O)c(OCc2ccccc2Cl)c1. The van der Waals surface area contributed by atoms with E-state index < -0.39 is 17.8 Å². The molecule has 1 fully saturated rings. The lowest BCUT2D eigenvalue weighted by atomic mass is 10.1. The van der Waals surface area contributed by atoms with Crippen LogP contribution in [0, 0.1) is 0 Å². The van der Waals surface area contributed by atoms with E-state index in [4.69, 9.17) is 21.1 Å². The number of nitrogens with one attached hydrogen (secondary N) is 1. The second kappa shape index (κ2) is 9.58. The van der Waals surface area contributed by atoms with Crippen LogP contribution in [-0.4, -0.2) is 25.0 Å². The van der Waals surface area contributed by atoms with Crippen molar-refractivity contribution in [3.05, 3.63) is 94.5 Å². The van der Waals surface area contributed by atoms with Crippen molar-refractivity contribution in [2.24, 2.45) is 0 Å². The zero-order valence-electron chi connectivity index (χ0n) is 17.6. The highest BCUT2D eigenvalue weighted by Gasteiger charge is 2.36. The Morgan fingerprint density at radius 1 is 0.970 bits per heavy atom.